The van der Waals surface area contributed by atoms with E-state index in [9.17, 15) is 9.59 Å². The van der Waals surface area contributed by atoms with Crippen molar-refractivity contribution in [3.63, 3.8) is 0 Å². The number of hydrogen-bond acceptors (Lipinski definition) is 4. The molecule has 1 atom stereocenters. The number of halogens is 2. The highest BCUT2D eigenvalue weighted by molar-refractivity contribution is 6.53. The lowest BCUT2D eigenvalue weighted by molar-refractivity contribution is -0.152. The predicted molar refractivity (Wildman–Crippen MR) is 77.9 cm³/mol. The molecule has 21 heavy (non-hydrogen) atoms. The van der Waals surface area contributed by atoms with E-state index in [1.807, 2.05) is 6.07 Å². The summed E-state index contributed by atoms with van der Waals surface area (Å²) in [6.45, 7) is 1.17. The van der Waals surface area contributed by atoms with Gasteiger partial charge in [-0.15, -0.1) is 23.2 Å². The van der Waals surface area contributed by atoms with E-state index >= 15 is 0 Å². The molecule has 0 aliphatic heterocycles. The van der Waals surface area contributed by atoms with Gasteiger partial charge in [0.2, 0.25) is 0 Å². The maximum absolute atomic E-state index is 11.8. The number of carbonyl (C=O) groups is 2. The van der Waals surface area contributed by atoms with Gasteiger partial charge in [0.25, 0.3) is 5.91 Å². The van der Waals surface area contributed by atoms with Gasteiger partial charge < -0.3 is 10.1 Å². The topological polar surface area (TPSA) is 79.2 Å². The van der Waals surface area contributed by atoms with E-state index < -0.39 is 28.2 Å². The van der Waals surface area contributed by atoms with E-state index in [0.29, 0.717) is 17.7 Å². The number of carbonyl (C=O) groups excluding carboxylic acids is 2. The number of anilines is 1. The molecule has 2 rings (SSSR count). The molecule has 1 aliphatic rings. The molecule has 0 radical (unpaired) electrons. The zero-order chi connectivity index (χ0) is 15.7. The molecule has 0 heterocycles. The lowest BCUT2D eigenvalue weighted by Crippen LogP contribution is -2.26. The van der Waals surface area contributed by atoms with Gasteiger partial charge in [-0.3, -0.25) is 9.59 Å². The van der Waals surface area contributed by atoms with Gasteiger partial charge in [-0.05, 0) is 31.2 Å². The third-order valence-corrected chi connectivity index (χ3v) is 4.44. The molecule has 1 fully saturated rings. The van der Waals surface area contributed by atoms with Gasteiger partial charge >= 0.3 is 5.97 Å². The Morgan fingerprint density at radius 3 is 2.43 bits per heavy atom. The van der Waals surface area contributed by atoms with E-state index in [-0.39, 0.29) is 0 Å². The first-order valence-corrected chi connectivity index (χ1v) is 6.89. The average molecular weight is 327 g/mol. The zero-order valence-electron chi connectivity index (χ0n) is 11.2. The molecule has 0 bridgehead atoms. The SMILES string of the molecule is CC1(C(=O)OCC(=O)Nc2ccc(C#N)cc2)CC1(Cl)Cl. The van der Waals surface area contributed by atoms with Gasteiger partial charge in [0, 0.05) is 12.1 Å². The molecule has 0 saturated heterocycles. The number of nitriles is 1. The summed E-state index contributed by atoms with van der Waals surface area (Å²) in [6, 6.07) is 8.29. The number of hydrogen-bond donors (Lipinski definition) is 1. The van der Waals surface area contributed by atoms with Crippen LogP contribution in [0.15, 0.2) is 24.3 Å². The first-order valence-electron chi connectivity index (χ1n) is 6.13. The minimum atomic E-state index is -1.12. The van der Waals surface area contributed by atoms with Crippen LogP contribution in [0.25, 0.3) is 0 Å². The number of esters is 1. The zero-order valence-corrected chi connectivity index (χ0v) is 12.7. The van der Waals surface area contributed by atoms with Crippen LogP contribution in [0.1, 0.15) is 18.9 Å². The molecule has 1 aromatic carbocycles. The first-order chi connectivity index (χ1) is 9.78. The third kappa shape index (κ3) is 3.29. The Bertz CT molecular complexity index is 622. The Hall–Kier alpha value is -1.77. The van der Waals surface area contributed by atoms with Crippen LogP contribution in [0, 0.1) is 16.7 Å². The van der Waals surface area contributed by atoms with Crippen molar-refractivity contribution in [2.75, 3.05) is 11.9 Å². The second-order valence-electron chi connectivity index (χ2n) is 5.03. The smallest absolute Gasteiger partial charge is 0.315 e. The van der Waals surface area contributed by atoms with E-state index in [0.717, 1.165) is 0 Å². The summed E-state index contributed by atoms with van der Waals surface area (Å²) in [5.41, 5.74) is 0.0450. The summed E-state index contributed by atoms with van der Waals surface area (Å²) in [5.74, 6) is -1.07. The van der Waals surface area contributed by atoms with Gasteiger partial charge in [-0.25, -0.2) is 0 Å². The molecule has 0 spiro atoms. The quantitative estimate of drug-likeness (QED) is 0.681. The molecule has 1 amide bonds. The molecule has 1 aromatic rings. The normalized spacial score (nSPS) is 22.0. The van der Waals surface area contributed by atoms with Gasteiger partial charge in [-0.2, -0.15) is 5.26 Å². The Balaban J connectivity index is 1.83. The molecule has 0 aromatic heterocycles. The average Bonchev–Trinajstić information content (AvgIpc) is 2.97. The molecule has 5 nitrogen and oxygen atoms in total. The van der Waals surface area contributed by atoms with Crippen molar-refractivity contribution in [2.45, 2.75) is 17.7 Å². The highest BCUT2D eigenvalue weighted by atomic mass is 35.5. The van der Waals surface area contributed by atoms with Crippen molar-refractivity contribution in [1.29, 1.82) is 5.26 Å². The van der Waals surface area contributed by atoms with E-state index in [1.54, 1.807) is 31.2 Å². The highest BCUT2D eigenvalue weighted by Gasteiger charge is 2.69. The van der Waals surface area contributed by atoms with Gasteiger partial charge in [0.1, 0.15) is 9.75 Å². The number of rotatable bonds is 4. The Morgan fingerprint density at radius 2 is 1.95 bits per heavy atom. The Morgan fingerprint density at radius 1 is 1.38 bits per heavy atom. The summed E-state index contributed by atoms with van der Waals surface area (Å²) >= 11 is 11.7. The van der Waals surface area contributed by atoms with Crippen LogP contribution in [0.3, 0.4) is 0 Å². The summed E-state index contributed by atoms with van der Waals surface area (Å²) in [4.78, 5) is 23.4. The molecule has 1 saturated carbocycles. The van der Waals surface area contributed by atoms with Crippen LogP contribution in [0.4, 0.5) is 5.69 Å². The van der Waals surface area contributed by atoms with Crippen molar-refractivity contribution >= 4 is 40.8 Å². The molecule has 1 N–H and O–H groups in total. The fraction of sp³-hybridized carbons (Fsp3) is 0.357. The van der Waals surface area contributed by atoms with E-state index in [1.165, 1.54) is 0 Å². The van der Waals surface area contributed by atoms with Crippen LogP contribution in [0.5, 0.6) is 0 Å². The van der Waals surface area contributed by atoms with Crippen LogP contribution in [-0.4, -0.2) is 22.8 Å². The summed E-state index contributed by atoms with van der Waals surface area (Å²) in [7, 11) is 0. The minimum Gasteiger partial charge on any atom is -0.455 e. The van der Waals surface area contributed by atoms with Crippen LogP contribution in [0.2, 0.25) is 0 Å². The third-order valence-electron chi connectivity index (χ3n) is 3.34. The maximum atomic E-state index is 11.8. The Kier molecular flexibility index (Phi) is 4.13. The van der Waals surface area contributed by atoms with Gasteiger partial charge in [-0.1, -0.05) is 0 Å². The van der Waals surface area contributed by atoms with Crippen molar-refractivity contribution in [3.05, 3.63) is 29.8 Å². The summed E-state index contributed by atoms with van der Waals surface area (Å²) < 4.78 is 3.79. The largest absolute Gasteiger partial charge is 0.455 e. The number of nitrogens with one attached hydrogen (secondary N) is 1. The lowest BCUT2D eigenvalue weighted by atomic mass is 10.1. The number of amides is 1. The number of benzene rings is 1. The van der Waals surface area contributed by atoms with Crippen molar-refractivity contribution in [3.8, 4) is 6.07 Å². The molecular formula is C14H12Cl2N2O3. The Labute approximate surface area is 131 Å². The van der Waals surface area contributed by atoms with Crippen LogP contribution in [-0.2, 0) is 14.3 Å². The van der Waals surface area contributed by atoms with Crippen molar-refractivity contribution in [2.24, 2.45) is 5.41 Å². The first kappa shape index (κ1) is 15.6. The minimum absolute atomic E-state index is 0.305. The monoisotopic (exact) mass is 326 g/mol. The molecular weight excluding hydrogens is 315 g/mol. The predicted octanol–water partition coefficient (Wildman–Crippen LogP) is 2.62. The van der Waals surface area contributed by atoms with Crippen LogP contribution >= 0.6 is 23.2 Å². The number of alkyl halides is 2. The van der Waals surface area contributed by atoms with E-state index in [4.69, 9.17) is 33.2 Å². The lowest BCUT2D eigenvalue weighted by Gasteiger charge is -2.11. The summed E-state index contributed by atoms with van der Waals surface area (Å²) in [6.07, 6.45) is 0.305. The molecule has 1 unspecified atom stereocenters. The van der Waals surface area contributed by atoms with Crippen molar-refractivity contribution in [1.82, 2.24) is 0 Å². The number of ether oxygens (including phenoxy) is 1. The molecule has 110 valence electrons. The van der Waals surface area contributed by atoms with Gasteiger partial charge in [0.15, 0.2) is 6.61 Å². The second kappa shape index (κ2) is 5.55. The van der Waals surface area contributed by atoms with Gasteiger partial charge in [0.05, 0.1) is 11.6 Å². The fourth-order valence-electron chi connectivity index (χ4n) is 1.74. The second-order valence-corrected chi connectivity index (χ2v) is 6.51. The van der Waals surface area contributed by atoms with Crippen molar-refractivity contribution < 1.29 is 14.3 Å². The molecule has 7 heteroatoms. The maximum Gasteiger partial charge on any atom is 0.315 e. The standard InChI is InChI=1S/C14H12Cl2N2O3/c1-13(8-14(13,15)16)12(20)21-7-11(19)18-10-4-2-9(6-17)3-5-10/h2-5H,7-8H2,1H3,(H,18,19). The number of nitrogens with zero attached hydrogens (tertiary/aromatic N) is 1. The molecule has 1 aliphatic carbocycles. The van der Waals surface area contributed by atoms with Crippen LogP contribution < -0.4 is 5.32 Å². The summed E-state index contributed by atoms with van der Waals surface area (Å²) in [5, 5.41) is 11.2. The highest BCUT2D eigenvalue weighted by Crippen LogP contribution is 2.64. The fourth-order valence-corrected chi connectivity index (χ4v) is 2.43. The van der Waals surface area contributed by atoms with E-state index in [2.05, 4.69) is 5.32 Å².